The van der Waals surface area contributed by atoms with Gasteiger partial charge in [0.1, 0.15) is 18.7 Å². The number of unbranched alkanes of at least 4 members (excludes halogenated alkanes) is 1. The van der Waals surface area contributed by atoms with Crippen LogP contribution in [0.3, 0.4) is 0 Å². The van der Waals surface area contributed by atoms with Crippen molar-refractivity contribution < 1.29 is 46.7 Å². The smallest absolute Gasteiger partial charge is 0.408 e. The third-order valence-electron chi connectivity index (χ3n) is 7.46. The minimum atomic E-state index is -4.59. The fraction of sp³-hybridized carbons (Fsp3) is 0.625. The van der Waals surface area contributed by atoms with Gasteiger partial charge >= 0.3 is 12.3 Å². The number of ketones is 1. The molecule has 1 fully saturated rings. The van der Waals surface area contributed by atoms with Gasteiger partial charge in [0.15, 0.2) is 0 Å². The van der Waals surface area contributed by atoms with E-state index < -0.39 is 72.9 Å². The van der Waals surface area contributed by atoms with E-state index in [9.17, 15) is 41.9 Å². The number of amides is 5. The van der Waals surface area contributed by atoms with Crippen LogP contribution < -0.4 is 26.6 Å². The molecule has 2 rings (SSSR count). The maximum absolute atomic E-state index is 13.6. The summed E-state index contributed by atoms with van der Waals surface area (Å²) in [6.45, 7) is 3.89. The molecule has 0 bridgehead atoms. The molecule has 0 aromatic heterocycles. The molecule has 1 aromatic carbocycles. The lowest BCUT2D eigenvalue weighted by atomic mass is 9.94. The van der Waals surface area contributed by atoms with E-state index in [2.05, 4.69) is 26.6 Å². The summed E-state index contributed by atoms with van der Waals surface area (Å²) in [5.74, 6) is -4.85. The molecule has 0 saturated carbocycles. The van der Waals surface area contributed by atoms with Crippen molar-refractivity contribution in [2.24, 2.45) is 11.8 Å². The van der Waals surface area contributed by atoms with Crippen LogP contribution in [0.25, 0.3) is 0 Å². The number of halogens is 3. The Morgan fingerprint density at radius 2 is 1.65 bits per heavy atom. The number of nitrogens with one attached hydrogen (secondary N) is 5. The van der Waals surface area contributed by atoms with Gasteiger partial charge in [0, 0.05) is 25.6 Å². The summed E-state index contributed by atoms with van der Waals surface area (Å²) in [6, 6.07) is 4.30. The second kappa shape index (κ2) is 19.6. The highest BCUT2D eigenvalue weighted by atomic mass is 19.4. The number of rotatable bonds is 19. The molecule has 0 spiro atoms. The Hall–Kier alpha value is -4.21. The second-order valence-corrected chi connectivity index (χ2v) is 12.3. The number of carbonyl (C=O) groups is 6. The molecule has 0 aliphatic carbocycles. The first-order chi connectivity index (χ1) is 22.6. The number of hydrogen-bond donors (Lipinski definition) is 5. The van der Waals surface area contributed by atoms with E-state index in [1.54, 1.807) is 44.2 Å². The van der Waals surface area contributed by atoms with Crippen molar-refractivity contribution >= 4 is 35.5 Å². The Labute approximate surface area is 278 Å². The first-order valence-electron chi connectivity index (χ1n) is 16.0. The summed E-state index contributed by atoms with van der Waals surface area (Å²) in [5, 5.41) is 12.5. The van der Waals surface area contributed by atoms with Gasteiger partial charge < -0.3 is 31.3 Å². The second-order valence-electron chi connectivity index (χ2n) is 12.3. The molecule has 1 saturated heterocycles. The zero-order valence-electron chi connectivity index (χ0n) is 27.8. The van der Waals surface area contributed by atoms with Gasteiger partial charge in [0.05, 0.1) is 12.6 Å². The highest BCUT2D eigenvalue weighted by Gasteiger charge is 2.37. The number of carbonyl (C=O) groups excluding carboxylic acids is 6. The summed E-state index contributed by atoms with van der Waals surface area (Å²) >= 11 is 0. The number of ether oxygens (including phenoxy) is 1. The number of likely N-dealkylation sites (N-methyl/N-ethyl adjacent to an activating group) is 1. The van der Waals surface area contributed by atoms with E-state index in [1.807, 2.05) is 6.92 Å². The minimum absolute atomic E-state index is 0.0364. The molecule has 16 heteroatoms. The molecular weight excluding hydrogens is 637 g/mol. The average molecular weight is 685 g/mol. The molecule has 13 nitrogen and oxygen atoms in total. The molecule has 1 aliphatic rings. The predicted octanol–water partition coefficient (Wildman–Crippen LogP) is 1.80. The molecule has 268 valence electrons. The van der Waals surface area contributed by atoms with Crippen molar-refractivity contribution in [1.29, 1.82) is 0 Å². The van der Waals surface area contributed by atoms with E-state index in [1.165, 1.54) is 0 Å². The van der Waals surface area contributed by atoms with E-state index >= 15 is 0 Å². The van der Waals surface area contributed by atoms with Crippen LogP contribution >= 0.6 is 0 Å². The fourth-order valence-electron chi connectivity index (χ4n) is 5.04. The Kier molecular flexibility index (Phi) is 16.3. The molecule has 0 unspecified atom stereocenters. The lowest BCUT2D eigenvalue weighted by Crippen LogP contribution is -2.59. The Balaban J connectivity index is 2.24. The van der Waals surface area contributed by atoms with Crippen molar-refractivity contribution in [3.63, 3.8) is 0 Å². The van der Waals surface area contributed by atoms with Gasteiger partial charge in [-0.15, -0.1) is 0 Å². The molecule has 4 atom stereocenters. The van der Waals surface area contributed by atoms with Gasteiger partial charge in [-0.2, -0.15) is 13.2 Å². The zero-order chi connectivity index (χ0) is 35.9. The molecule has 5 amide bonds. The van der Waals surface area contributed by atoms with Crippen LogP contribution in [-0.2, 0) is 35.3 Å². The van der Waals surface area contributed by atoms with Crippen molar-refractivity contribution in [3.8, 4) is 0 Å². The standard InChI is InChI=1S/C32H47F3N6O7/c1-5-6-13-36-30(46)26(42)23(16-22-12-14-37-27(22)43)38-28(44)24(15-20(2)3)39-29(45)25(17-41(4)19-32(33,34)35)40-31(47)48-18-21-10-8-7-9-11-21/h7-11,20,22-25H,5-6,12-19H2,1-4H3,(H,36,46)(H,37,43)(H,38,44)(H,39,45)(H,40,47)/t22-,23-,24-,25-/m0/s1. The highest BCUT2D eigenvalue weighted by molar-refractivity contribution is 6.38. The molecule has 5 N–H and O–H groups in total. The maximum atomic E-state index is 13.6. The summed E-state index contributed by atoms with van der Waals surface area (Å²) in [7, 11) is 1.12. The van der Waals surface area contributed by atoms with Gasteiger partial charge in [-0.1, -0.05) is 57.5 Å². The first-order valence-corrected chi connectivity index (χ1v) is 16.0. The van der Waals surface area contributed by atoms with Crippen molar-refractivity contribution in [2.45, 2.75) is 83.8 Å². The summed E-state index contributed by atoms with van der Waals surface area (Å²) < 4.78 is 44.5. The highest BCUT2D eigenvalue weighted by Crippen LogP contribution is 2.18. The van der Waals surface area contributed by atoms with E-state index in [0.29, 0.717) is 24.9 Å². The van der Waals surface area contributed by atoms with Crippen LogP contribution in [0.1, 0.15) is 58.4 Å². The maximum Gasteiger partial charge on any atom is 0.408 e. The lowest BCUT2D eigenvalue weighted by molar-refractivity contribution is -0.145. The minimum Gasteiger partial charge on any atom is -0.445 e. The monoisotopic (exact) mass is 684 g/mol. The van der Waals surface area contributed by atoms with Gasteiger partial charge in [-0.25, -0.2) is 4.79 Å². The van der Waals surface area contributed by atoms with Crippen LogP contribution in [0.15, 0.2) is 30.3 Å². The third-order valence-corrected chi connectivity index (χ3v) is 7.46. The summed E-state index contributed by atoms with van der Waals surface area (Å²) in [5.41, 5.74) is 0.634. The third kappa shape index (κ3) is 14.7. The van der Waals surface area contributed by atoms with E-state index in [0.717, 1.165) is 18.4 Å². The first kappa shape index (κ1) is 40.0. The van der Waals surface area contributed by atoms with Crippen LogP contribution in [0, 0.1) is 11.8 Å². The molecule has 48 heavy (non-hydrogen) atoms. The molecular formula is C32H47F3N6O7. The van der Waals surface area contributed by atoms with Crippen molar-refractivity contribution in [2.75, 3.05) is 33.2 Å². The van der Waals surface area contributed by atoms with Gasteiger partial charge in [0.2, 0.25) is 23.5 Å². The normalized spacial score (nSPS) is 16.4. The number of alkyl halides is 3. The fourth-order valence-corrected chi connectivity index (χ4v) is 5.04. The number of benzene rings is 1. The molecule has 0 radical (unpaired) electrons. The summed E-state index contributed by atoms with van der Waals surface area (Å²) in [4.78, 5) is 78.6. The van der Waals surface area contributed by atoms with Gasteiger partial charge in [0.25, 0.3) is 5.91 Å². The molecule has 1 aromatic rings. The largest absolute Gasteiger partial charge is 0.445 e. The summed E-state index contributed by atoms with van der Waals surface area (Å²) in [6.07, 6.45) is -4.00. The molecule has 1 heterocycles. The quantitative estimate of drug-likeness (QED) is 0.108. The number of nitrogens with zero attached hydrogens (tertiary/aromatic N) is 1. The molecule has 1 aliphatic heterocycles. The van der Waals surface area contributed by atoms with Gasteiger partial charge in [-0.05, 0) is 44.2 Å². The average Bonchev–Trinajstić information content (AvgIpc) is 3.41. The Morgan fingerprint density at radius 3 is 2.23 bits per heavy atom. The Morgan fingerprint density at radius 1 is 1.00 bits per heavy atom. The topological polar surface area (TPSA) is 175 Å². The van der Waals surface area contributed by atoms with Gasteiger partial charge in [-0.3, -0.25) is 28.9 Å². The van der Waals surface area contributed by atoms with Crippen LogP contribution in [0.4, 0.5) is 18.0 Å². The SMILES string of the molecule is CCCCNC(=O)C(=O)[C@H](C[C@@H]1CCNC1=O)NC(=O)[C@H](CC(C)C)NC(=O)[C@H](CN(C)CC(F)(F)F)NC(=O)OCc1ccccc1. The predicted molar refractivity (Wildman–Crippen MR) is 169 cm³/mol. The number of hydrogen-bond acceptors (Lipinski definition) is 8. The lowest BCUT2D eigenvalue weighted by Gasteiger charge is -2.28. The van der Waals surface area contributed by atoms with Crippen molar-refractivity contribution in [3.05, 3.63) is 35.9 Å². The van der Waals surface area contributed by atoms with E-state index in [4.69, 9.17) is 4.74 Å². The number of Topliss-reactive ketones (excluding diaryl/α,β-unsaturated/α-hetero) is 1. The number of alkyl carbamates (subject to hydrolysis) is 1. The van der Waals surface area contributed by atoms with Crippen LogP contribution in [0.2, 0.25) is 0 Å². The van der Waals surface area contributed by atoms with Crippen molar-refractivity contribution in [1.82, 2.24) is 31.5 Å². The van der Waals surface area contributed by atoms with Crippen LogP contribution in [-0.4, -0.2) is 97.9 Å². The zero-order valence-corrected chi connectivity index (χ0v) is 27.8. The Bertz CT molecular complexity index is 1250. The van der Waals surface area contributed by atoms with E-state index in [-0.39, 0.29) is 37.8 Å². The van der Waals surface area contributed by atoms with Crippen LogP contribution in [0.5, 0.6) is 0 Å².